The number of hydrogen-bond donors (Lipinski definition) is 2. The van der Waals surface area contributed by atoms with Gasteiger partial charge in [0.05, 0.1) is 16.3 Å². The van der Waals surface area contributed by atoms with Gasteiger partial charge in [-0.2, -0.15) is 0 Å². The summed E-state index contributed by atoms with van der Waals surface area (Å²) in [6.45, 7) is 4.23. The van der Waals surface area contributed by atoms with Gasteiger partial charge in [-0.15, -0.1) is 0 Å². The Morgan fingerprint density at radius 3 is 2.65 bits per heavy atom. The molecule has 0 fully saturated rings. The van der Waals surface area contributed by atoms with E-state index in [0.29, 0.717) is 11.7 Å². The van der Waals surface area contributed by atoms with Crippen LogP contribution in [0.1, 0.15) is 33.1 Å². The Morgan fingerprint density at radius 1 is 1.47 bits per heavy atom. The van der Waals surface area contributed by atoms with Gasteiger partial charge in [0.2, 0.25) is 0 Å². The lowest BCUT2D eigenvalue weighted by Crippen LogP contribution is -2.18. The standard InChI is InChI=1S/C12H19N3O2/c1-3-5-9(4-2)14-12-7-6-10(15(16)17)8-11(12)13/h6-9,14H,3-5,13H2,1-2H3. The first-order valence-electron chi connectivity index (χ1n) is 5.88. The molecule has 1 atom stereocenters. The lowest BCUT2D eigenvalue weighted by atomic mass is 10.1. The van der Waals surface area contributed by atoms with Crippen LogP contribution in [0.3, 0.4) is 0 Å². The highest BCUT2D eigenvalue weighted by atomic mass is 16.6. The Hall–Kier alpha value is -1.78. The van der Waals surface area contributed by atoms with Gasteiger partial charge in [0.1, 0.15) is 0 Å². The van der Waals surface area contributed by atoms with Crippen LogP contribution in [0.2, 0.25) is 0 Å². The van der Waals surface area contributed by atoms with Gasteiger partial charge in [0.15, 0.2) is 0 Å². The van der Waals surface area contributed by atoms with Gasteiger partial charge < -0.3 is 11.1 Å². The summed E-state index contributed by atoms with van der Waals surface area (Å²) in [5.41, 5.74) is 7.01. The molecule has 0 saturated heterocycles. The van der Waals surface area contributed by atoms with E-state index in [1.807, 2.05) is 0 Å². The molecule has 17 heavy (non-hydrogen) atoms. The first kappa shape index (κ1) is 13.3. The predicted molar refractivity (Wildman–Crippen MR) is 70.1 cm³/mol. The predicted octanol–water partition coefficient (Wildman–Crippen LogP) is 3.17. The molecule has 0 heterocycles. The number of non-ortho nitro benzene ring substituents is 1. The molecule has 3 N–H and O–H groups in total. The summed E-state index contributed by atoms with van der Waals surface area (Å²) >= 11 is 0. The van der Waals surface area contributed by atoms with E-state index in [2.05, 4.69) is 19.2 Å². The van der Waals surface area contributed by atoms with Crippen molar-refractivity contribution in [3.63, 3.8) is 0 Å². The molecule has 0 aliphatic carbocycles. The lowest BCUT2D eigenvalue weighted by molar-refractivity contribution is -0.384. The molecular formula is C12H19N3O2. The molecule has 1 aromatic carbocycles. The SMILES string of the molecule is CCCC(CC)Nc1ccc([N+](=O)[O-])cc1N. The van der Waals surface area contributed by atoms with Crippen LogP contribution in [-0.2, 0) is 0 Å². The fraction of sp³-hybridized carbons (Fsp3) is 0.500. The fourth-order valence-electron chi connectivity index (χ4n) is 1.74. The molecule has 1 aromatic rings. The molecule has 0 saturated carbocycles. The van der Waals surface area contributed by atoms with Crippen LogP contribution >= 0.6 is 0 Å². The van der Waals surface area contributed by atoms with E-state index in [-0.39, 0.29) is 5.69 Å². The maximum absolute atomic E-state index is 10.6. The molecule has 0 aliphatic heterocycles. The van der Waals surface area contributed by atoms with E-state index in [9.17, 15) is 10.1 Å². The van der Waals surface area contributed by atoms with Crippen molar-refractivity contribution in [1.82, 2.24) is 0 Å². The Balaban J connectivity index is 2.81. The summed E-state index contributed by atoms with van der Waals surface area (Å²) in [5, 5.41) is 13.9. The minimum absolute atomic E-state index is 0.0246. The van der Waals surface area contributed by atoms with Gasteiger partial charge in [-0.1, -0.05) is 20.3 Å². The molecule has 1 unspecified atom stereocenters. The zero-order chi connectivity index (χ0) is 12.8. The van der Waals surface area contributed by atoms with Gasteiger partial charge in [0, 0.05) is 18.2 Å². The number of anilines is 2. The van der Waals surface area contributed by atoms with Crippen molar-refractivity contribution < 1.29 is 4.92 Å². The second kappa shape index (κ2) is 6.08. The van der Waals surface area contributed by atoms with Crippen LogP contribution < -0.4 is 11.1 Å². The van der Waals surface area contributed by atoms with Crippen LogP contribution in [0.15, 0.2) is 18.2 Å². The molecule has 0 aromatic heterocycles. The minimum atomic E-state index is -0.441. The summed E-state index contributed by atoms with van der Waals surface area (Å²) in [7, 11) is 0. The zero-order valence-electron chi connectivity index (χ0n) is 10.3. The Kier molecular flexibility index (Phi) is 4.75. The highest BCUT2D eigenvalue weighted by Crippen LogP contribution is 2.25. The third-order valence-electron chi connectivity index (χ3n) is 2.74. The second-order valence-electron chi connectivity index (χ2n) is 4.07. The second-order valence-corrected chi connectivity index (χ2v) is 4.07. The molecule has 0 spiro atoms. The quantitative estimate of drug-likeness (QED) is 0.452. The van der Waals surface area contributed by atoms with Crippen molar-refractivity contribution in [2.45, 2.75) is 39.2 Å². The van der Waals surface area contributed by atoms with Crippen LogP contribution in [0, 0.1) is 10.1 Å². The molecule has 0 bridgehead atoms. The van der Waals surface area contributed by atoms with E-state index in [1.165, 1.54) is 12.1 Å². The van der Waals surface area contributed by atoms with Crippen LogP contribution in [0.4, 0.5) is 17.1 Å². The number of nitrogens with two attached hydrogens (primary N) is 1. The number of nitrogen functional groups attached to an aromatic ring is 1. The Morgan fingerprint density at radius 2 is 2.18 bits per heavy atom. The van der Waals surface area contributed by atoms with Gasteiger partial charge in [-0.3, -0.25) is 10.1 Å². The average Bonchev–Trinajstić information content (AvgIpc) is 2.30. The topological polar surface area (TPSA) is 81.2 Å². The lowest BCUT2D eigenvalue weighted by Gasteiger charge is -2.18. The Labute approximate surface area is 101 Å². The van der Waals surface area contributed by atoms with Gasteiger partial charge in [-0.05, 0) is 18.9 Å². The monoisotopic (exact) mass is 237 g/mol. The first-order chi connectivity index (χ1) is 8.08. The van der Waals surface area contributed by atoms with Crippen molar-refractivity contribution in [3.8, 4) is 0 Å². The third-order valence-corrected chi connectivity index (χ3v) is 2.74. The minimum Gasteiger partial charge on any atom is -0.397 e. The number of nitrogens with one attached hydrogen (secondary N) is 1. The number of rotatable bonds is 6. The summed E-state index contributed by atoms with van der Waals surface area (Å²) < 4.78 is 0. The molecule has 1 rings (SSSR count). The number of nitro groups is 1. The van der Waals surface area contributed by atoms with E-state index in [0.717, 1.165) is 24.9 Å². The maximum atomic E-state index is 10.6. The van der Waals surface area contributed by atoms with Crippen LogP contribution in [-0.4, -0.2) is 11.0 Å². The van der Waals surface area contributed by atoms with Crippen molar-refractivity contribution in [1.29, 1.82) is 0 Å². The number of benzene rings is 1. The summed E-state index contributed by atoms with van der Waals surface area (Å²) in [6.07, 6.45) is 3.16. The Bertz CT molecular complexity index is 393. The van der Waals surface area contributed by atoms with Crippen molar-refractivity contribution in [2.75, 3.05) is 11.1 Å². The first-order valence-corrected chi connectivity index (χ1v) is 5.88. The van der Waals surface area contributed by atoms with Gasteiger partial charge in [-0.25, -0.2) is 0 Å². The van der Waals surface area contributed by atoms with E-state index < -0.39 is 4.92 Å². The molecule has 0 amide bonds. The number of nitrogens with zero attached hydrogens (tertiary/aromatic N) is 1. The average molecular weight is 237 g/mol. The maximum Gasteiger partial charge on any atom is 0.271 e. The van der Waals surface area contributed by atoms with Crippen LogP contribution in [0.5, 0.6) is 0 Å². The summed E-state index contributed by atoms with van der Waals surface area (Å²) in [4.78, 5) is 10.1. The normalized spacial score (nSPS) is 12.1. The molecule has 0 aliphatic rings. The summed E-state index contributed by atoms with van der Waals surface area (Å²) in [5.74, 6) is 0. The number of hydrogen-bond acceptors (Lipinski definition) is 4. The molecule has 5 nitrogen and oxygen atoms in total. The third kappa shape index (κ3) is 3.62. The zero-order valence-corrected chi connectivity index (χ0v) is 10.3. The fourth-order valence-corrected chi connectivity index (χ4v) is 1.74. The molecule has 94 valence electrons. The van der Waals surface area contributed by atoms with E-state index in [1.54, 1.807) is 6.07 Å². The highest BCUT2D eigenvalue weighted by Gasteiger charge is 2.11. The van der Waals surface area contributed by atoms with Crippen LogP contribution in [0.25, 0.3) is 0 Å². The van der Waals surface area contributed by atoms with Gasteiger partial charge >= 0.3 is 0 Å². The van der Waals surface area contributed by atoms with Gasteiger partial charge in [0.25, 0.3) is 5.69 Å². The molecular weight excluding hydrogens is 218 g/mol. The molecule has 5 heteroatoms. The van der Waals surface area contributed by atoms with Crippen molar-refractivity contribution >= 4 is 17.1 Å². The van der Waals surface area contributed by atoms with Crippen molar-refractivity contribution in [2.24, 2.45) is 0 Å². The largest absolute Gasteiger partial charge is 0.397 e. The summed E-state index contributed by atoms with van der Waals surface area (Å²) in [6, 6.07) is 4.90. The number of nitro benzene ring substituents is 1. The van der Waals surface area contributed by atoms with Crippen molar-refractivity contribution in [3.05, 3.63) is 28.3 Å². The van der Waals surface area contributed by atoms with E-state index >= 15 is 0 Å². The molecule has 0 radical (unpaired) electrons. The van der Waals surface area contributed by atoms with E-state index in [4.69, 9.17) is 5.73 Å². The smallest absolute Gasteiger partial charge is 0.271 e. The highest BCUT2D eigenvalue weighted by molar-refractivity contribution is 5.69.